The van der Waals surface area contributed by atoms with Gasteiger partial charge in [-0.15, -0.1) is 0 Å². The summed E-state index contributed by atoms with van der Waals surface area (Å²) in [6.07, 6.45) is 3.44. The number of amidine groups is 1. The fraction of sp³-hybridized carbons (Fsp3) is 0.286. The van der Waals surface area contributed by atoms with Crippen LogP contribution in [0.15, 0.2) is 35.7 Å². The van der Waals surface area contributed by atoms with E-state index < -0.39 is 0 Å². The molecule has 0 radical (unpaired) electrons. The van der Waals surface area contributed by atoms with Crippen molar-refractivity contribution < 1.29 is 9.94 Å². The highest BCUT2D eigenvalue weighted by atomic mass is 16.5. The number of nitrogens with two attached hydrogens (primary N) is 1. The number of hydrogen-bond donors (Lipinski definition) is 2. The van der Waals surface area contributed by atoms with Gasteiger partial charge in [-0.1, -0.05) is 16.8 Å². The SMILES string of the molecule is Cc1ccc(Oc2cnn(C(C)C)c2)c(/C(N)=N/O)c1. The average Bonchev–Trinajstić information content (AvgIpc) is 2.88. The van der Waals surface area contributed by atoms with Gasteiger partial charge in [0.05, 0.1) is 18.0 Å². The lowest BCUT2D eigenvalue weighted by molar-refractivity contribution is 0.318. The van der Waals surface area contributed by atoms with Crippen molar-refractivity contribution in [1.82, 2.24) is 9.78 Å². The Labute approximate surface area is 117 Å². The summed E-state index contributed by atoms with van der Waals surface area (Å²) < 4.78 is 7.56. The predicted molar refractivity (Wildman–Crippen MR) is 76.4 cm³/mol. The molecule has 0 unspecified atom stereocenters. The summed E-state index contributed by atoms with van der Waals surface area (Å²) in [5.41, 5.74) is 7.21. The maximum atomic E-state index is 8.84. The molecule has 0 saturated heterocycles. The van der Waals surface area contributed by atoms with E-state index in [-0.39, 0.29) is 11.9 Å². The van der Waals surface area contributed by atoms with Crippen molar-refractivity contribution in [2.45, 2.75) is 26.8 Å². The molecule has 0 fully saturated rings. The number of hydrogen-bond acceptors (Lipinski definition) is 4. The zero-order chi connectivity index (χ0) is 14.7. The van der Waals surface area contributed by atoms with Crippen LogP contribution in [0.3, 0.4) is 0 Å². The molecular formula is C14H18N4O2. The molecule has 2 aromatic rings. The summed E-state index contributed by atoms with van der Waals surface area (Å²) in [6, 6.07) is 5.75. The van der Waals surface area contributed by atoms with E-state index in [0.717, 1.165) is 5.56 Å². The monoisotopic (exact) mass is 274 g/mol. The van der Waals surface area contributed by atoms with E-state index in [4.69, 9.17) is 15.7 Å². The van der Waals surface area contributed by atoms with Crippen molar-refractivity contribution in [2.24, 2.45) is 10.9 Å². The van der Waals surface area contributed by atoms with Crippen LogP contribution in [-0.2, 0) is 0 Å². The third-order valence-corrected chi connectivity index (χ3v) is 2.85. The number of oxime groups is 1. The van der Waals surface area contributed by atoms with Crippen LogP contribution >= 0.6 is 0 Å². The van der Waals surface area contributed by atoms with Crippen LogP contribution in [0.1, 0.15) is 31.0 Å². The highest BCUT2D eigenvalue weighted by molar-refractivity contribution is 5.99. The smallest absolute Gasteiger partial charge is 0.173 e. The van der Waals surface area contributed by atoms with Gasteiger partial charge in [0.25, 0.3) is 0 Å². The van der Waals surface area contributed by atoms with Crippen molar-refractivity contribution in [3.8, 4) is 11.5 Å². The fourth-order valence-electron chi connectivity index (χ4n) is 1.77. The van der Waals surface area contributed by atoms with Crippen LogP contribution < -0.4 is 10.5 Å². The summed E-state index contributed by atoms with van der Waals surface area (Å²) in [5, 5.41) is 16.1. The molecule has 0 bridgehead atoms. The largest absolute Gasteiger partial charge is 0.453 e. The molecule has 106 valence electrons. The van der Waals surface area contributed by atoms with Crippen molar-refractivity contribution >= 4 is 5.84 Å². The van der Waals surface area contributed by atoms with E-state index in [1.807, 2.05) is 26.8 Å². The first-order valence-electron chi connectivity index (χ1n) is 6.32. The molecule has 20 heavy (non-hydrogen) atoms. The second kappa shape index (κ2) is 5.64. The molecule has 1 aromatic heterocycles. The molecule has 0 amide bonds. The molecule has 6 nitrogen and oxygen atoms in total. The molecule has 2 rings (SSSR count). The lowest BCUT2D eigenvalue weighted by Crippen LogP contribution is -2.14. The molecule has 3 N–H and O–H groups in total. The summed E-state index contributed by atoms with van der Waals surface area (Å²) in [6.45, 7) is 5.99. The van der Waals surface area contributed by atoms with Gasteiger partial charge in [0, 0.05) is 6.04 Å². The zero-order valence-corrected chi connectivity index (χ0v) is 11.7. The van der Waals surface area contributed by atoms with Crippen LogP contribution in [-0.4, -0.2) is 20.8 Å². The first-order chi connectivity index (χ1) is 9.51. The summed E-state index contributed by atoms with van der Waals surface area (Å²) in [4.78, 5) is 0. The zero-order valence-electron chi connectivity index (χ0n) is 11.7. The van der Waals surface area contributed by atoms with E-state index in [2.05, 4.69) is 10.3 Å². The Kier molecular flexibility index (Phi) is 3.93. The quantitative estimate of drug-likeness (QED) is 0.388. The Morgan fingerprint density at radius 3 is 2.80 bits per heavy atom. The highest BCUT2D eigenvalue weighted by Crippen LogP contribution is 2.26. The van der Waals surface area contributed by atoms with Crippen molar-refractivity contribution in [2.75, 3.05) is 0 Å². The fourth-order valence-corrected chi connectivity index (χ4v) is 1.77. The van der Waals surface area contributed by atoms with Gasteiger partial charge in [-0.25, -0.2) is 0 Å². The summed E-state index contributed by atoms with van der Waals surface area (Å²) in [5.74, 6) is 1.14. The summed E-state index contributed by atoms with van der Waals surface area (Å²) in [7, 11) is 0. The van der Waals surface area contributed by atoms with E-state index in [1.54, 1.807) is 29.2 Å². The minimum Gasteiger partial charge on any atom is -0.453 e. The second-order valence-electron chi connectivity index (χ2n) is 4.84. The number of ether oxygens (including phenoxy) is 1. The standard InChI is InChI=1S/C14H18N4O2/c1-9(2)18-8-11(7-16-18)20-13-5-4-10(3)6-12(13)14(15)17-19/h4-9,19H,1-3H3,(H2,15,17). The van der Waals surface area contributed by atoms with E-state index in [9.17, 15) is 0 Å². The average molecular weight is 274 g/mol. The lowest BCUT2D eigenvalue weighted by atomic mass is 10.1. The van der Waals surface area contributed by atoms with E-state index >= 15 is 0 Å². The van der Waals surface area contributed by atoms with E-state index in [0.29, 0.717) is 17.1 Å². The minimum atomic E-state index is 0.0138. The first-order valence-corrected chi connectivity index (χ1v) is 6.32. The second-order valence-corrected chi connectivity index (χ2v) is 4.84. The predicted octanol–water partition coefficient (Wildman–Crippen LogP) is 2.66. The van der Waals surface area contributed by atoms with Crippen molar-refractivity contribution in [1.29, 1.82) is 0 Å². The van der Waals surface area contributed by atoms with Gasteiger partial charge >= 0.3 is 0 Å². The van der Waals surface area contributed by atoms with E-state index in [1.165, 1.54) is 0 Å². The third kappa shape index (κ3) is 2.90. The van der Waals surface area contributed by atoms with Gasteiger partial charge in [0.2, 0.25) is 0 Å². The normalized spacial score (nSPS) is 11.9. The Morgan fingerprint density at radius 2 is 2.20 bits per heavy atom. The molecule has 0 atom stereocenters. The van der Waals surface area contributed by atoms with Gasteiger partial charge in [0.1, 0.15) is 5.75 Å². The molecule has 0 aliphatic heterocycles. The molecule has 1 aromatic carbocycles. The van der Waals surface area contributed by atoms with Gasteiger partial charge < -0.3 is 15.7 Å². The number of rotatable bonds is 4. The molecule has 0 aliphatic carbocycles. The Hall–Kier alpha value is -2.50. The van der Waals surface area contributed by atoms with Crippen molar-refractivity contribution in [3.63, 3.8) is 0 Å². The molecule has 1 heterocycles. The van der Waals surface area contributed by atoms with Crippen molar-refractivity contribution in [3.05, 3.63) is 41.7 Å². The van der Waals surface area contributed by atoms with Gasteiger partial charge in [0.15, 0.2) is 11.6 Å². The topological polar surface area (TPSA) is 85.7 Å². The lowest BCUT2D eigenvalue weighted by Gasteiger charge is -2.09. The molecule has 0 aliphatic rings. The van der Waals surface area contributed by atoms with Crippen LogP contribution in [0.4, 0.5) is 0 Å². The molecule has 0 saturated carbocycles. The van der Waals surface area contributed by atoms with Gasteiger partial charge in [-0.05, 0) is 32.9 Å². The van der Waals surface area contributed by atoms with Crippen LogP contribution in [0.2, 0.25) is 0 Å². The number of aryl methyl sites for hydroxylation is 1. The first kappa shape index (κ1) is 13.9. The Bertz CT molecular complexity index is 632. The molecule has 0 spiro atoms. The maximum Gasteiger partial charge on any atom is 0.173 e. The van der Waals surface area contributed by atoms with Crippen LogP contribution in [0.25, 0.3) is 0 Å². The van der Waals surface area contributed by atoms with Crippen LogP contribution in [0, 0.1) is 6.92 Å². The molecule has 6 heteroatoms. The number of aromatic nitrogens is 2. The summed E-state index contributed by atoms with van der Waals surface area (Å²) >= 11 is 0. The third-order valence-electron chi connectivity index (χ3n) is 2.85. The highest BCUT2D eigenvalue weighted by Gasteiger charge is 2.11. The molecular weight excluding hydrogens is 256 g/mol. The Balaban J connectivity index is 2.32. The minimum absolute atomic E-state index is 0.0138. The van der Waals surface area contributed by atoms with Crippen LogP contribution in [0.5, 0.6) is 11.5 Å². The number of nitrogens with zero attached hydrogens (tertiary/aromatic N) is 3. The van der Waals surface area contributed by atoms with Gasteiger partial charge in [-0.3, -0.25) is 4.68 Å². The number of benzene rings is 1. The Morgan fingerprint density at radius 1 is 1.45 bits per heavy atom. The maximum absolute atomic E-state index is 8.84. The van der Waals surface area contributed by atoms with Gasteiger partial charge in [-0.2, -0.15) is 5.10 Å².